The van der Waals surface area contributed by atoms with E-state index in [2.05, 4.69) is 9.47 Å². The minimum Gasteiger partial charge on any atom is -0.481 e. The highest BCUT2D eigenvalue weighted by Crippen LogP contribution is 2.09. The van der Waals surface area contributed by atoms with Crippen LogP contribution in [0.15, 0.2) is 0 Å². The van der Waals surface area contributed by atoms with Crippen molar-refractivity contribution in [2.75, 3.05) is 0 Å². The van der Waals surface area contributed by atoms with Gasteiger partial charge in [-0.15, -0.1) is 0 Å². The van der Waals surface area contributed by atoms with Gasteiger partial charge in [0.2, 0.25) is 0 Å². The summed E-state index contributed by atoms with van der Waals surface area (Å²) in [6, 6.07) is -2.34. The smallest absolute Gasteiger partial charge is 0.330 e. The van der Waals surface area contributed by atoms with Gasteiger partial charge in [-0.05, 0) is 25.7 Å². The van der Waals surface area contributed by atoms with Gasteiger partial charge in [-0.3, -0.25) is 19.2 Å². The van der Waals surface area contributed by atoms with Gasteiger partial charge in [0, 0.05) is 25.7 Å². The lowest BCUT2D eigenvalue weighted by Gasteiger charge is -2.09. The van der Waals surface area contributed by atoms with Gasteiger partial charge in [-0.25, -0.2) is 9.59 Å². The largest absolute Gasteiger partial charge is 0.481 e. The molecule has 0 radical (unpaired) electrons. The van der Waals surface area contributed by atoms with Crippen molar-refractivity contribution in [2.24, 2.45) is 11.5 Å². The Morgan fingerprint density at radius 3 is 1.23 bits per heavy atom. The Morgan fingerprint density at radius 1 is 0.581 bits per heavy atom. The number of carbonyl (C=O) groups is 6. The number of rotatable bonds is 16. The zero-order valence-corrected chi connectivity index (χ0v) is 17.2. The molecule has 0 rings (SSSR count). The quantitative estimate of drug-likeness (QED) is 0.142. The molecule has 0 aliphatic heterocycles. The fourth-order valence-corrected chi connectivity index (χ4v) is 2.34. The Labute approximate surface area is 179 Å². The number of unbranched alkanes of at least 4 members (excludes halogenated alkanes) is 4. The van der Waals surface area contributed by atoms with Crippen molar-refractivity contribution in [1.82, 2.24) is 0 Å². The van der Waals surface area contributed by atoms with Gasteiger partial charge in [0.1, 0.15) is 12.1 Å². The van der Waals surface area contributed by atoms with Gasteiger partial charge < -0.3 is 31.2 Å². The molecule has 0 amide bonds. The predicted molar refractivity (Wildman–Crippen MR) is 104 cm³/mol. The van der Waals surface area contributed by atoms with Crippen LogP contribution in [0.1, 0.15) is 70.6 Å². The van der Waals surface area contributed by atoms with E-state index in [4.69, 9.17) is 21.7 Å². The molecule has 0 heterocycles. The molecule has 6 N–H and O–H groups in total. The molecular weight excluding hydrogens is 416 g/mol. The fraction of sp³-hybridized carbons (Fsp3) is 0.684. The Bertz CT molecular complexity index is 596. The van der Waals surface area contributed by atoms with Crippen molar-refractivity contribution < 1.29 is 48.5 Å². The normalized spacial score (nSPS) is 12.5. The Morgan fingerprint density at radius 2 is 0.903 bits per heavy atom. The first-order valence-corrected chi connectivity index (χ1v) is 9.96. The fourth-order valence-electron chi connectivity index (χ4n) is 2.34. The molecule has 0 saturated heterocycles. The minimum absolute atomic E-state index is 0.00215. The molecule has 2 unspecified atom stereocenters. The molecule has 31 heavy (non-hydrogen) atoms. The maximum Gasteiger partial charge on any atom is 0.330 e. The molecule has 0 aromatic rings. The number of carboxylic acid groups (broad SMARTS) is 2. The van der Waals surface area contributed by atoms with Gasteiger partial charge in [0.15, 0.2) is 0 Å². The molecule has 0 aliphatic carbocycles. The van der Waals surface area contributed by atoms with E-state index in [-0.39, 0.29) is 38.5 Å². The summed E-state index contributed by atoms with van der Waals surface area (Å²) in [4.78, 5) is 67.0. The third kappa shape index (κ3) is 15.6. The van der Waals surface area contributed by atoms with Crippen LogP contribution in [0.5, 0.6) is 0 Å². The van der Waals surface area contributed by atoms with E-state index in [1.165, 1.54) is 0 Å². The maximum absolute atomic E-state index is 11.6. The number of aliphatic carboxylic acids is 2. The predicted octanol–water partition coefficient (Wildman–Crippen LogP) is 0.241. The Balaban J connectivity index is 3.79. The molecule has 0 aromatic carbocycles. The van der Waals surface area contributed by atoms with E-state index in [9.17, 15) is 28.8 Å². The second-order valence-corrected chi connectivity index (χ2v) is 6.93. The van der Waals surface area contributed by atoms with E-state index in [0.717, 1.165) is 0 Å². The maximum atomic E-state index is 11.6. The SMILES string of the molecule is NC(CCC(=O)O)C(=O)OC(=O)CCCCCCCC(=O)OC(=O)C(N)CCC(=O)O. The zero-order valence-electron chi connectivity index (χ0n) is 17.2. The van der Waals surface area contributed by atoms with E-state index < -0.39 is 47.9 Å². The van der Waals surface area contributed by atoms with E-state index in [1.807, 2.05) is 0 Å². The highest BCUT2D eigenvalue weighted by molar-refractivity contribution is 5.89. The molecule has 2 atom stereocenters. The van der Waals surface area contributed by atoms with Crippen LogP contribution in [0.2, 0.25) is 0 Å². The second kappa shape index (κ2) is 15.9. The standard InChI is InChI=1S/C19H30N2O10/c20-12(8-10-14(22)23)18(28)30-16(26)6-4-2-1-3-5-7-17(27)31-19(29)13(21)9-11-15(24)25/h12-13H,1-11,20-21H2,(H,22,23)(H,24,25). The summed E-state index contributed by atoms with van der Waals surface area (Å²) in [5.74, 6) is -5.60. The van der Waals surface area contributed by atoms with Crippen LogP contribution in [0, 0.1) is 0 Å². The lowest BCUT2D eigenvalue weighted by Crippen LogP contribution is -2.34. The Kier molecular flexibility index (Phi) is 14.4. The number of carbonyl (C=O) groups excluding carboxylic acids is 4. The molecule has 12 heteroatoms. The average molecular weight is 446 g/mol. The summed E-state index contributed by atoms with van der Waals surface area (Å²) in [7, 11) is 0. The minimum atomic E-state index is -1.17. The molecule has 176 valence electrons. The van der Waals surface area contributed by atoms with E-state index in [0.29, 0.717) is 32.1 Å². The summed E-state index contributed by atoms with van der Waals surface area (Å²) in [5, 5.41) is 17.0. The third-order valence-corrected chi connectivity index (χ3v) is 4.13. The molecule has 0 aliphatic rings. The van der Waals surface area contributed by atoms with Crippen LogP contribution in [0.4, 0.5) is 0 Å². The summed E-state index contributed by atoms with van der Waals surface area (Å²) >= 11 is 0. The number of carboxylic acids is 2. The van der Waals surface area contributed by atoms with Crippen molar-refractivity contribution in [3.05, 3.63) is 0 Å². The second-order valence-electron chi connectivity index (χ2n) is 6.93. The summed E-state index contributed by atoms with van der Waals surface area (Å²) in [6.45, 7) is 0. The first-order valence-electron chi connectivity index (χ1n) is 9.96. The van der Waals surface area contributed by atoms with Crippen molar-refractivity contribution in [2.45, 2.75) is 82.7 Å². The summed E-state index contributed by atoms with van der Waals surface area (Å²) < 4.78 is 9.12. The van der Waals surface area contributed by atoms with Gasteiger partial charge in [-0.1, -0.05) is 19.3 Å². The van der Waals surface area contributed by atoms with Crippen LogP contribution in [0.3, 0.4) is 0 Å². The van der Waals surface area contributed by atoms with Crippen molar-refractivity contribution in [3.8, 4) is 0 Å². The van der Waals surface area contributed by atoms with Gasteiger partial charge >= 0.3 is 35.8 Å². The van der Waals surface area contributed by atoms with Gasteiger partial charge in [-0.2, -0.15) is 0 Å². The first kappa shape index (κ1) is 28.1. The number of ether oxygens (including phenoxy) is 2. The van der Waals surface area contributed by atoms with Crippen molar-refractivity contribution >= 4 is 35.8 Å². The summed E-state index contributed by atoms with van der Waals surface area (Å²) in [5.41, 5.74) is 10.9. The van der Waals surface area contributed by atoms with Crippen LogP contribution in [0.25, 0.3) is 0 Å². The van der Waals surface area contributed by atoms with Gasteiger partial charge in [0.05, 0.1) is 0 Å². The number of hydrogen-bond donors (Lipinski definition) is 4. The highest BCUT2D eigenvalue weighted by atomic mass is 16.6. The van der Waals surface area contributed by atoms with Crippen LogP contribution in [-0.4, -0.2) is 58.1 Å². The summed E-state index contributed by atoms with van der Waals surface area (Å²) in [6.07, 6.45) is 2.05. The van der Waals surface area contributed by atoms with Gasteiger partial charge in [0.25, 0.3) is 0 Å². The number of hydrogen-bond acceptors (Lipinski definition) is 10. The number of esters is 4. The Hall–Kier alpha value is -2.86. The molecule has 0 fully saturated rings. The first-order chi connectivity index (χ1) is 14.5. The van der Waals surface area contributed by atoms with E-state index >= 15 is 0 Å². The highest BCUT2D eigenvalue weighted by Gasteiger charge is 2.20. The zero-order chi connectivity index (χ0) is 23.8. The molecule has 0 bridgehead atoms. The monoisotopic (exact) mass is 446 g/mol. The molecular formula is C19H30N2O10. The molecule has 0 saturated carbocycles. The van der Waals surface area contributed by atoms with Crippen LogP contribution >= 0.6 is 0 Å². The van der Waals surface area contributed by atoms with Crippen molar-refractivity contribution in [1.29, 1.82) is 0 Å². The van der Waals surface area contributed by atoms with Crippen LogP contribution in [-0.2, 0) is 38.2 Å². The topological polar surface area (TPSA) is 213 Å². The third-order valence-electron chi connectivity index (χ3n) is 4.13. The molecule has 12 nitrogen and oxygen atoms in total. The molecule has 0 spiro atoms. The number of nitrogens with two attached hydrogens (primary N) is 2. The lowest BCUT2D eigenvalue weighted by atomic mass is 10.1. The average Bonchev–Trinajstić information content (AvgIpc) is 2.68. The van der Waals surface area contributed by atoms with Crippen LogP contribution < -0.4 is 11.5 Å². The lowest BCUT2D eigenvalue weighted by molar-refractivity contribution is -0.162. The molecule has 0 aromatic heterocycles. The van der Waals surface area contributed by atoms with Crippen molar-refractivity contribution in [3.63, 3.8) is 0 Å². The van der Waals surface area contributed by atoms with E-state index in [1.54, 1.807) is 0 Å².